The van der Waals surface area contributed by atoms with Gasteiger partial charge in [-0.15, -0.1) is 0 Å². The van der Waals surface area contributed by atoms with E-state index in [1.807, 2.05) is 6.07 Å². The monoisotopic (exact) mass is 351 g/mol. The molecule has 0 bridgehead atoms. The highest BCUT2D eigenvalue weighted by Crippen LogP contribution is 2.27. The van der Waals surface area contributed by atoms with E-state index in [0.717, 1.165) is 16.6 Å². The summed E-state index contributed by atoms with van der Waals surface area (Å²) < 4.78 is 13.8. The molecule has 0 aliphatic heterocycles. The number of ketones is 1. The molecule has 0 heterocycles. The summed E-state index contributed by atoms with van der Waals surface area (Å²) in [7, 11) is 0. The molecule has 0 saturated heterocycles. The summed E-state index contributed by atoms with van der Waals surface area (Å²) in [5.74, 6) is -1.95. The van der Waals surface area contributed by atoms with Gasteiger partial charge in [0.05, 0.1) is 11.1 Å². The molecule has 0 amide bonds. The van der Waals surface area contributed by atoms with Gasteiger partial charge in [-0.05, 0) is 35.9 Å². The molecule has 0 aromatic heterocycles. The van der Waals surface area contributed by atoms with Crippen LogP contribution in [0.15, 0.2) is 46.9 Å². The molecular formula is C15H8BrClFNO. The first-order chi connectivity index (χ1) is 9.52. The second-order valence-corrected chi connectivity index (χ2v) is 5.43. The summed E-state index contributed by atoms with van der Waals surface area (Å²) in [4.78, 5) is 12.4. The Morgan fingerprint density at radius 2 is 2.05 bits per heavy atom. The van der Waals surface area contributed by atoms with Crippen molar-refractivity contribution in [3.63, 3.8) is 0 Å². The lowest BCUT2D eigenvalue weighted by Gasteiger charge is -2.10. The van der Waals surface area contributed by atoms with Crippen LogP contribution in [0.1, 0.15) is 21.8 Å². The molecule has 0 radical (unpaired) electrons. The van der Waals surface area contributed by atoms with Crippen molar-refractivity contribution in [1.29, 1.82) is 5.26 Å². The molecule has 2 aromatic carbocycles. The van der Waals surface area contributed by atoms with Gasteiger partial charge in [0.1, 0.15) is 11.7 Å². The Balaban J connectivity index is 2.42. The first-order valence-electron chi connectivity index (χ1n) is 5.67. The Bertz CT molecular complexity index is 711. The topological polar surface area (TPSA) is 40.9 Å². The molecule has 5 heteroatoms. The summed E-state index contributed by atoms with van der Waals surface area (Å²) in [6.45, 7) is 0. The van der Waals surface area contributed by atoms with Gasteiger partial charge in [-0.3, -0.25) is 4.79 Å². The van der Waals surface area contributed by atoms with Gasteiger partial charge >= 0.3 is 0 Å². The Kier molecular flexibility index (Phi) is 4.53. The molecule has 0 saturated carbocycles. The fraction of sp³-hybridized carbons (Fsp3) is 0.0667. The van der Waals surface area contributed by atoms with Crippen molar-refractivity contribution in [2.45, 2.75) is 5.92 Å². The van der Waals surface area contributed by atoms with Gasteiger partial charge in [0.15, 0.2) is 5.78 Å². The minimum atomic E-state index is -0.976. The first kappa shape index (κ1) is 14.7. The maximum absolute atomic E-state index is 13.0. The first-order valence-corrected chi connectivity index (χ1v) is 6.84. The van der Waals surface area contributed by atoms with Gasteiger partial charge in [0.25, 0.3) is 0 Å². The highest BCUT2D eigenvalue weighted by molar-refractivity contribution is 9.10. The molecule has 0 aliphatic rings. The van der Waals surface area contributed by atoms with E-state index in [1.165, 1.54) is 6.07 Å². The number of benzene rings is 2. The second kappa shape index (κ2) is 6.17. The highest BCUT2D eigenvalue weighted by Gasteiger charge is 2.24. The van der Waals surface area contributed by atoms with Crippen LogP contribution in [0.3, 0.4) is 0 Å². The van der Waals surface area contributed by atoms with Crippen LogP contribution in [0.4, 0.5) is 4.39 Å². The van der Waals surface area contributed by atoms with Crippen LogP contribution < -0.4 is 0 Å². The van der Waals surface area contributed by atoms with Crippen molar-refractivity contribution in [3.05, 3.63) is 68.9 Å². The van der Waals surface area contributed by atoms with Crippen LogP contribution in [0.2, 0.25) is 5.02 Å². The largest absolute Gasteiger partial charge is 0.292 e. The quantitative estimate of drug-likeness (QED) is 0.749. The van der Waals surface area contributed by atoms with Gasteiger partial charge < -0.3 is 0 Å². The Morgan fingerprint density at radius 1 is 1.30 bits per heavy atom. The van der Waals surface area contributed by atoms with Gasteiger partial charge in [-0.1, -0.05) is 39.7 Å². The lowest BCUT2D eigenvalue weighted by molar-refractivity contribution is 0.0979. The van der Waals surface area contributed by atoms with Crippen molar-refractivity contribution in [3.8, 4) is 6.07 Å². The molecule has 1 atom stereocenters. The smallest absolute Gasteiger partial charge is 0.185 e. The molecule has 0 spiro atoms. The zero-order valence-electron chi connectivity index (χ0n) is 10.1. The van der Waals surface area contributed by atoms with E-state index in [1.54, 1.807) is 24.3 Å². The van der Waals surface area contributed by atoms with Crippen molar-refractivity contribution >= 4 is 33.3 Å². The highest BCUT2D eigenvalue weighted by atomic mass is 79.9. The van der Waals surface area contributed by atoms with E-state index in [9.17, 15) is 14.4 Å². The summed E-state index contributed by atoms with van der Waals surface area (Å²) in [6.07, 6.45) is 0. The van der Waals surface area contributed by atoms with Gasteiger partial charge in [-0.25, -0.2) is 4.39 Å². The standard InChI is InChI=1S/C15H8BrClFNO/c16-10-3-1-2-9(6-10)13(8-19)15(20)12-5-4-11(18)7-14(12)17/h1-7,13H. The average molecular weight is 353 g/mol. The Hall–Kier alpha value is -1.70. The number of halogens is 3. The zero-order valence-corrected chi connectivity index (χ0v) is 12.5. The SMILES string of the molecule is N#CC(C(=O)c1ccc(F)cc1Cl)c1cccc(Br)c1. The Labute approximate surface area is 128 Å². The molecule has 2 nitrogen and oxygen atoms in total. The predicted molar refractivity (Wildman–Crippen MR) is 78.2 cm³/mol. The summed E-state index contributed by atoms with van der Waals surface area (Å²) in [5, 5.41) is 9.25. The van der Waals surface area contributed by atoms with E-state index >= 15 is 0 Å². The summed E-state index contributed by atoms with van der Waals surface area (Å²) >= 11 is 9.16. The van der Waals surface area contributed by atoms with Crippen LogP contribution in [-0.4, -0.2) is 5.78 Å². The molecule has 0 fully saturated rings. The van der Waals surface area contributed by atoms with E-state index in [4.69, 9.17) is 11.6 Å². The number of carbonyl (C=O) groups excluding carboxylic acids is 1. The number of rotatable bonds is 3. The molecule has 1 unspecified atom stereocenters. The van der Waals surface area contributed by atoms with E-state index < -0.39 is 17.5 Å². The molecular weight excluding hydrogens is 345 g/mol. The lowest BCUT2D eigenvalue weighted by atomic mass is 9.92. The molecule has 100 valence electrons. The maximum Gasteiger partial charge on any atom is 0.185 e. The second-order valence-electron chi connectivity index (χ2n) is 4.11. The van der Waals surface area contributed by atoms with E-state index in [-0.39, 0.29) is 10.6 Å². The molecule has 20 heavy (non-hydrogen) atoms. The van der Waals surface area contributed by atoms with E-state index in [2.05, 4.69) is 15.9 Å². The third-order valence-electron chi connectivity index (χ3n) is 2.77. The minimum Gasteiger partial charge on any atom is -0.292 e. The van der Waals surface area contributed by atoms with Crippen LogP contribution in [0, 0.1) is 17.1 Å². The molecule has 0 N–H and O–H groups in total. The van der Waals surface area contributed by atoms with Crippen molar-refractivity contribution in [1.82, 2.24) is 0 Å². The Morgan fingerprint density at radius 3 is 2.65 bits per heavy atom. The van der Waals surface area contributed by atoms with E-state index in [0.29, 0.717) is 5.56 Å². The maximum atomic E-state index is 13.0. The van der Waals surface area contributed by atoms with Crippen LogP contribution >= 0.6 is 27.5 Å². The number of hydrogen-bond acceptors (Lipinski definition) is 2. The number of nitrogens with zero attached hydrogens (tertiary/aromatic N) is 1. The lowest BCUT2D eigenvalue weighted by Crippen LogP contribution is -2.12. The van der Waals surface area contributed by atoms with Gasteiger partial charge in [0.2, 0.25) is 0 Å². The number of Topliss-reactive ketones (excluding diaryl/α,β-unsaturated/α-hetero) is 1. The molecule has 2 rings (SSSR count). The van der Waals surface area contributed by atoms with Crippen molar-refractivity contribution in [2.75, 3.05) is 0 Å². The number of nitriles is 1. The number of hydrogen-bond donors (Lipinski definition) is 0. The third-order valence-corrected chi connectivity index (χ3v) is 3.58. The number of carbonyl (C=O) groups is 1. The van der Waals surface area contributed by atoms with Gasteiger partial charge in [0, 0.05) is 10.0 Å². The zero-order chi connectivity index (χ0) is 14.7. The average Bonchev–Trinajstić information content (AvgIpc) is 2.39. The van der Waals surface area contributed by atoms with Crippen LogP contribution in [0.25, 0.3) is 0 Å². The third kappa shape index (κ3) is 3.06. The van der Waals surface area contributed by atoms with Crippen LogP contribution in [-0.2, 0) is 0 Å². The van der Waals surface area contributed by atoms with Gasteiger partial charge in [-0.2, -0.15) is 5.26 Å². The molecule has 0 aliphatic carbocycles. The van der Waals surface area contributed by atoms with Crippen molar-refractivity contribution in [2.24, 2.45) is 0 Å². The normalized spacial score (nSPS) is 11.7. The minimum absolute atomic E-state index is 0.00486. The summed E-state index contributed by atoms with van der Waals surface area (Å²) in [6, 6.07) is 12.4. The predicted octanol–water partition coefficient (Wildman–Crippen LogP) is 4.73. The molecule has 2 aromatic rings. The summed E-state index contributed by atoms with van der Waals surface area (Å²) in [5.41, 5.74) is 0.701. The van der Waals surface area contributed by atoms with Crippen molar-refractivity contribution < 1.29 is 9.18 Å². The van der Waals surface area contributed by atoms with Crippen LogP contribution in [0.5, 0.6) is 0 Å². The fourth-order valence-corrected chi connectivity index (χ4v) is 2.49. The fourth-order valence-electron chi connectivity index (χ4n) is 1.82.